The molecule has 34 heavy (non-hydrogen) atoms. The van der Waals surface area contributed by atoms with Gasteiger partial charge >= 0.3 is 0 Å². The molecule has 0 aliphatic heterocycles. The summed E-state index contributed by atoms with van der Waals surface area (Å²) in [5.74, 6) is 1.34. The lowest BCUT2D eigenvalue weighted by atomic mass is 10.1. The molecule has 0 aliphatic carbocycles. The van der Waals surface area contributed by atoms with Crippen LogP contribution in [0.15, 0.2) is 35.1 Å². The molecule has 0 amide bonds. The van der Waals surface area contributed by atoms with Gasteiger partial charge in [0.25, 0.3) is 5.56 Å². The van der Waals surface area contributed by atoms with E-state index in [1.165, 1.54) is 31.9 Å². The molecule has 1 atom stereocenters. The molecule has 11 heteroatoms. The Morgan fingerprint density at radius 1 is 1.06 bits per heavy atom. The minimum atomic E-state index is -3.33. The number of hydrogen-bond donors (Lipinski definition) is 1. The van der Waals surface area contributed by atoms with Crippen molar-refractivity contribution < 1.29 is 22.6 Å². The van der Waals surface area contributed by atoms with Crippen LogP contribution in [0.4, 0.5) is 5.95 Å². The lowest BCUT2D eigenvalue weighted by molar-refractivity contribution is 0.327. The first-order chi connectivity index (χ1) is 16.0. The SMILES string of the molecule is COc1cc2[nH]c(N(C)Cc3cccc(C(C)N(C)S(C)(=O)=O)c3)nc(=O)c2c(OC)c1OC. The fourth-order valence-corrected chi connectivity index (χ4v) is 4.44. The molecule has 1 heterocycles. The van der Waals surface area contributed by atoms with Gasteiger partial charge in [0.2, 0.25) is 21.7 Å². The number of fused-ring (bicyclic) bond motifs is 1. The molecule has 0 saturated carbocycles. The van der Waals surface area contributed by atoms with E-state index in [0.717, 1.165) is 11.1 Å². The Kier molecular flexibility index (Phi) is 7.37. The Morgan fingerprint density at radius 2 is 1.74 bits per heavy atom. The first kappa shape index (κ1) is 25.3. The molecular weight excluding hydrogens is 460 g/mol. The Bertz CT molecular complexity index is 1360. The van der Waals surface area contributed by atoms with Crippen LogP contribution >= 0.6 is 0 Å². The summed E-state index contributed by atoms with van der Waals surface area (Å²) < 4.78 is 41.3. The summed E-state index contributed by atoms with van der Waals surface area (Å²) in [6, 6.07) is 8.98. The fourth-order valence-electron chi connectivity index (χ4n) is 3.75. The second-order valence-corrected chi connectivity index (χ2v) is 10.0. The molecule has 1 aromatic heterocycles. The van der Waals surface area contributed by atoms with Gasteiger partial charge in [0.1, 0.15) is 5.39 Å². The molecule has 3 aromatic rings. The Balaban J connectivity index is 1.97. The smallest absolute Gasteiger partial charge is 0.286 e. The summed E-state index contributed by atoms with van der Waals surface area (Å²) in [6.45, 7) is 2.27. The minimum absolute atomic E-state index is 0.247. The fraction of sp³-hybridized carbons (Fsp3) is 0.391. The maximum atomic E-state index is 12.9. The number of nitrogens with zero attached hydrogens (tertiary/aromatic N) is 3. The molecular formula is C23H30N4O6S. The number of hydrogen-bond acceptors (Lipinski definition) is 8. The molecule has 0 bridgehead atoms. The number of nitrogens with one attached hydrogen (secondary N) is 1. The third kappa shape index (κ3) is 4.95. The van der Waals surface area contributed by atoms with Crippen LogP contribution in [-0.2, 0) is 16.6 Å². The summed E-state index contributed by atoms with van der Waals surface area (Å²) >= 11 is 0. The summed E-state index contributed by atoms with van der Waals surface area (Å²) in [5.41, 5.74) is 1.82. The lowest BCUT2D eigenvalue weighted by Gasteiger charge is -2.24. The average Bonchev–Trinajstić information content (AvgIpc) is 2.80. The number of anilines is 1. The first-order valence-electron chi connectivity index (χ1n) is 10.5. The van der Waals surface area contributed by atoms with Crippen molar-refractivity contribution in [2.24, 2.45) is 0 Å². The molecule has 10 nitrogen and oxygen atoms in total. The highest BCUT2D eigenvalue weighted by atomic mass is 32.2. The second-order valence-electron chi connectivity index (χ2n) is 7.99. The van der Waals surface area contributed by atoms with Crippen LogP contribution in [0.1, 0.15) is 24.1 Å². The standard InChI is InChI=1S/C23H30N4O6S/c1-14(27(3)34(7,29)30)16-10-8-9-15(11-16)13-26(2)23-24-17-12-18(31-4)20(32-5)21(33-6)19(17)22(28)25-23/h8-12,14H,13H2,1-7H3,(H,24,25,28). The van der Waals surface area contributed by atoms with Gasteiger partial charge in [-0.2, -0.15) is 9.29 Å². The van der Waals surface area contributed by atoms with Gasteiger partial charge in [-0.15, -0.1) is 0 Å². The van der Waals surface area contributed by atoms with E-state index in [2.05, 4.69) is 9.97 Å². The van der Waals surface area contributed by atoms with Crippen molar-refractivity contribution >= 4 is 26.9 Å². The van der Waals surface area contributed by atoms with Crippen LogP contribution in [0.3, 0.4) is 0 Å². The second kappa shape index (κ2) is 9.90. The third-order valence-electron chi connectivity index (χ3n) is 5.78. The van der Waals surface area contributed by atoms with Crippen LogP contribution in [0, 0.1) is 0 Å². The summed E-state index contributed by atoms with van der Waals surface area (Å²) in [6.07, 6.45) is 1.18. The largest absolute Gasteiger partial charge is 0.493 e. The van der Waals surface area contributed by atoms with E-state index in [-0.39, 0.29) is 17.2 Å². The predicted molar refractivity (Wildman–Crippen MR) is 132 cm³/mol. The number of rotatable bonds is 9. The van der Waals surface area contributed by atoms with E-state index in [0.29, 0.717) is 29.5 Å². The van der Waals surface area contributed by atoms with E-state index in [1.54, 1.807) is 25.1 Å². The van der Waals surface area contributed by atoms with Gasteiger partial charge in [0.15, 0.2) is 11.5 Å². The van der Waals surface area contributed by atoms with Gasteiger partial charge in [-0.25, -0.2) is 8.42 Å². The van der Waals surface area contributed by atoms with Crippen LogP contribution in [-0.4, -0.2) is 64.4 Å². The molecule has 0 aliphatic rings. The molecule has 0 fully saturated rings. The molecule has 0 spiro atoms. The number of aromatic nitrogens is 2. The Labute approximate surface area is 199 Å². The Hall–Kier alpha value is -3.31. The predicted octanol–water partition coefficient (Wildman–Crippen LogP) is 2.54. The van der Waals surface area contributed by atoms with Crippen LogP contribution < -0.4 is 24.7 Å². The first-order valence-corrected chi connectivity index (χ1v) is 12.3. The summed E-state index contributed by atoms with van der Waals surface area (Å²) in [5, 5.41) is 0.261. The zero-order valence-electron chi connectivity index (χ0n) is 20.4. The van der Waals surface area contributed by atoms with Gasteiger partial charge in [-0.05, 0) is 18.1 Å². The monoisotopic (exact) mass is 490 g/mol. The molecule has 3 rings (SSSR count). The van der Waals surface area contributed by atoms with E-state index in [1.807, 2.05) is 31.2 Å². The highest BCUT2D eigenvalue weighted by molar-refractivity contribution is 7.88. The van der Waals surface area contributed by atoms with Crippen LogP contribution in [0.25, 0.3) is 10.9 Å². The topological polar surface area (TPSA) is 114 Å². The number of sulfonamides is 1. The zero-order chi connectivity index (χ0) is 25.2. The van der Waals surface area contributed by atoms with Crippen LogP contribution in [0.2, 0.25) is 0 Å². The van der Waals surface area contributed by atoms with Crippen molar-refractivity contribution in [1.29, 1.82) is 0 Å². The van der Waals surface area contributed by atoms with E-state index >= 15 is 0 Å². The van der Waals surface area contributed by atoms with E-state index in [4.69, 9.17) is 14.2 Å². The van der Waals surface area contributed by atoms with Crippen molar-refractivity contribution in [2.75, 3.05) is 46.6 Å². The Morgan fingerprint density at radius 3 is 2.32 bits per heavy atom. The molecule has 1 unspecified atom stereocenters. The highest BCUT2D eigenvalue weighted by Crippen LogP contribution is 2.41. The average molecular weight is 491 g/mol. The number of methoxy groups -OCH3 is 3. The van der Waals surface area contributed by atoms with Crippen molar-refractivity contribution in [1.82, 2.24) is 14.3 Å². The van der Waals surface area contributed by atoms with Crippen molar-refractivity contribution in [2.45, 2.75) is 19.5 Å². The van der Waals surface area contributed by atoms with Crippen molar-refractivity contribution in [3.63, 3.8) is 0 Å². The van der Waals surface area contributed by atoms with Gasteiger partial charge in [-0.3, -0.25) is 4.79 Å². The number of benzene rings is 2. The quantitative estimate of drug-likeness (QED) is 0.487. The molecule has 0 saturated heterocycles. The van der Waals surface area contributed by atoms with E-state index < -0.39 is 15.6 Å². The minimum Gasteiger partial charge on any atom is -0.493 e. The number of aromatic amines is 1. The van der Waals surface area contributed by atoms with Crippen molar-refractivity contribution in [3.05, 3.63) is 51.8 Å². The highest BCUT2D eigenvalue weighted by Gasteiger charge is 2.22. The van der Waals surface area contributed by atoms with Crippen molar-refractivity contribution in [3.8, 4) is 17.2 Å². The third-order valence-corrected chi connectivity index (χ3v) is 7.14. The van der Waals surface area contributed by atoms with Gasteiger partial charge < -0.3 is 24.1 Å². The summed E-state index contributed by atoms with van der Waals surface area (Å²) in [7, 11) is 4.46. The van der Waals surface area contributed by atoms with Gasteiger partial charge in [0, 0.05) is 32.7 Å². The summed E-state index contributed by atoms with van der Waals surface area (Å²) in [4.78, 5) is 22.1. The van der Waals surface area contributed by atoms with Crippen LogP contribution in [0.5, 0.6) is 17.2 Å². The maximum Gasteiger partial charge on any atom is 0.286 e. The molecule has 2 aromatic carbocycles. The normalized spacial score (nSPS) is 12.6. The van der Waals surface area contributed by atoms with E-state index in [9.17, 15) is 13.2 Å². The number of H-pyrrole nitrogens is 1. The maximum absolute atomic E-state index is 12.9. The number of ether oxygens (including phenoxy) is 3. The zero-order valence-corrected chi connectivity index (χ0v) is 21.2. The molecule has 0 radical (unpaired) electrons. The lowest BCUT2D eigenvalue weighted by Crippen LogP contribution is -2.28. The van der Waals surface area contributed by atoms with Gasteiger partial charge in [-0.1, -0.05) is 24.3 Å². The molecule has 1 N–H and O–H groups in total. The van der Waals surface area contributed by atoms with Gasteiger partial charge in [0.05, 0.1) is 33.1 Å². The molecule has 184 valence electrons.